The number of carbonyl (C=O) groups excluding carboxylic acids is 2. The van der Waals surface area contributed by atoms with E-state index in [2.05, 4.69) is 15.5 Å². The van der Waals surface area contributed by atoms with Gasteiger partial charge in [-0.15, -0.1) is 10.2 Å². The summed E-state index contributed by atoms with van der Waals surface area (Å²) in [7, 11) is 1.58. The van der Waals surface area contributed by atoms with E-state index in [0.717, 1.165) is 5.69 Å². The summed E-state index contributed by atoms with van der Waals surface area (Å²) in [5.74, 6) is 0.0733. The molecule has 1 aliphatic heterocycles. The van der Waals surface area contributed by atoms with Crippen LogP contribution >= 0.6 is 11.3 Å². The van der Waals surface area contributed by atoms with Crippen molar-refractivity contribution in [2.24, 2.45) is 0 Å². The lowest BCUT2D eigenvalue weighted by Crippen LogP contribution is -2.24. The molecule has 1 atom stereocenters. The maximum absolute atomic E-state index is 12.5. The largest absolute Gasteiger partial charge is 0.497 e. The van der Waals surface area contributed by atoms with Crippen molar-refractivity contribution < 1.29 is 19.2 Å². The number of ether oxygens (including phenoxy) is 1. The van der Waals surface area contributed by atoms with Gasteiger partial charge in [0.15, 0.2) is 0 Å². The Bertz CT molecular complexity index is 1220. The van der Waals surface area contributed by atoms with E-state index in [1.54, 1.807) is 42.3 Å². The molecular formula is C22H19N5O5S. The number of nitro benzene ring substituents is 1. The average molecular weight is 465 g/mol. The minimum atomic E-state index is -0.507. The maximum Gasteiger partial charge on any atom is 0.276 e. The maximum atomic E-state index is 12.5. The summed E-state index contributed by atoms with van der Waals surface area (Å²) < 4.78 is 5.15. The van der Waals surface area contributed by atoms with Crippen molar-refractivity contribution in [3.8, 4) is 5.75 Å². The van der Waals surface area contributed by atoms with Crippen molar-refractivity contribution >= 4 is 45.7 Å². The van der Waals surface area contributed by atoms with Gasteiger partial charge < -0.3 is 9.64 Å². The number of anilines is 2. The third-order valence-electron chi connectivity index (χ3n) is 5.08. The van der Waals surface area contributed by atoms with Crippen LogP contribution in [0, 0.1) is 10.1 Å². The fourth-order valence-electron chi connectivity index (χ4n) is 3.44. The molecule has 4 rings (SSSR count). The number of aromatic nitrogens is 2. The van der Waals surface area contributed by atoms with Crippen molar-refractivity contribution in [2.45, 2.75) is 12.3 Å². The van der Waals surface area contributed by atoms with E-state index in [9.17, 15) is 19.7 Å². The number of hydrogen-bond donors (Lipinski definition) is 1. The molecule has 2 amide bonds. The SMILES string of the molecule is COc1ccc(N2CC(c3nnc(NC(=O)/C=C/c4ccccc4[N+](=O)[O-])s3)CC2=O)cc1. The second kappa shape index (κ2) is 9.57. The Labute approximate surface area is 192 Å². The Morgan fingerprint density at radius 1 is 1.24 bits per heavy atom. The van der Waals surface area contributed by atoms with Gasteiger partial charge in [-0.1, -0.05) is 23.5 Å². The molecule has 2 heterocycles. The van der Waals surface area contributed by atoms with Gasteiger partial charge in [0.25, 0.3) is 5.69 Å². The molecule has 0 aliphatic carbocycles. The lowest BCUT2D eigenvalue weighted by atomic mass is 10.1. The molecule has 2 aromatic carbocycles. The number of rotatable bonds is 7. The Hall–Kier alpha value is -4.12. The average Bonchev–Trinajstić information content (AvgIpc) is 3.44. The molecule has 168 valence electrons. The molecule has 10 nitrogen and oxygen atoms in total. The van der Waals surface area contributed by atoms with E-state index in [4.69, 9.17) is 4.74 Å². The summed E-state index contributed by atoms with van der Waals surface area (Å²) in [6, 6.07) is 13.4. The highest BCUT2D eigenvalue weighted by atomic mass is 32.1. The summed E-state index contributed by atoms with van der Waals surface area (Å²) in [4.78, 5) is 37.0. The summed E-state index contributed by atoms with van der Waals surface area (Å²) in [6.45, 7) is 0.464. The van der Waals surface area contributed by atoms with Crippen LogP contribution in [0.4, 0.5) is 16.5 Å². The van der Waals surface area contributed by atoms with E-state index >= 15 is 0 Å². The van der Waals surface area contributed by atoms with Crippen LogP contribution in [0.1, 0.15) is 22.9 Å². The van der Waals surface area contributed by atoms with Crippen molar-refractivity contribution in [1.82, 2.24) is 10.2 Å². The Morgan fingerprint density at radius 2 is 2.00 bits per heavy atom. The van der Waals surface area contributed by atoms with Gasteiger partial charge in [-0.3, -0.25) is 25.0 Å². The molecule has 0 spiro atoms. The van der Waals surface area contributed by atoms with Gasteiger partial charge in [0.1, 0.15) is 10.8 Å². The third kappa shape index (κ3) is 5.04. The van der Waals surface area contributed by atoms with Crippen molar-refractivity contribution in [1.29, 1.82) is 0 Å². The lowest BCUT2D eigenvalue weighted by molar-refractivity contribution is -0.385. The second-order valence-corrected chi connectivity index (χ2v) is 8.20. The number of carbonyl (C=O) groups is 2. The molecule has 33 heavy (non-hydrogen) atoms. The van der Waals surface area contributed by atoms with Gasteiger partial charge in [0, 0.05) is 36.7 Å². The zero-order chi connectivity index (χ0) is 23.4. The first-order valence-corrected chi connectivity index (χ1v) is 10.8. The summed E-state index contributed by atoms with van der Waals surface area (Å²) >= 11 is 1.20. The number of para-hydroxylation sites is 1. The topological polar surface area (TPSA) is 128 Å². The fraction of sp³-hybridized carbons (Fsp3) is 0.182. The van der Waals surface area contributed by atoms with Gasteiger partial charge in [-0.05, 0) is 36.4 Å². The molecule has 3 aromatic rings. The standard InChI is InChI=1S/C22H19N5O5S/c1-32-17-9-7-16(8-10-17)26-13-15(12-20(26)29)21-24-25-22(33-21)23-19(28)11-6-14-4-2-3-5-18(14)27(30)31/h2-11,15H,12-13H2,1H3,(H,23,25,28)/b11-6+. The van der Waals surface area contributed by atoms with E-state index in [1.165, 1.54) is 29.6 Å². The van der Waals surface area contributed by atoms with Crippen LogP contribution < -0.4 is 15.0 Å². The number of benzene rings is 2. The van der Waals surface area contributed by atoms with Gasteiger partial charge >= 0.3 is 0 Å². The van der Waals surface area contributed by atoms with Crippen molar-refractivity contribution in [3.05, 3.63) is 75.3 Å². The molecule has 11 heteroatoms. The highest BCUT2D eigenvalue weighted by Crippen LogP contribution is 2.34. The molecule has 1 unspecified atom stereocenters. The summed E-state index contributed by atoms with van der Waals surface area (Å²) in [5, 5.41) is 22.8. The number of nitrogens with zero attached hydrogens (tertiary/aromatic N) is 4. The highest BCUT2D eigenvalue weighted by Gasteiger charge is 2.34. The zero-order valence-electron chi connectivity index (χ0n) is 17.5. The summed E-state index contributed by atoms with van der Waals surface area (Å²) in [6.07, 6.45) is 2.87. The Balaban J connectivity index is 1.39. The van der Waals surface area contributed by atoms with Crippen LogP contribution in [0.3, 0.4) is 0 Å². The smallest absolute Gasteiger partial charge is 0.276 e. The first kappa shape index (κ1) is 22.1. The van der Waals surface area contributed by atoms with Gasteiger partial charge in [0.2, 0.25) is 16.9 Å². The van der Waals surface area contributed by atoms with Crippen LogP contribution in [-0.2, 0) is 9.59 Å². The highest BCUT2D eigenvalue weighted by molar-refractivity contribution is 7.15. The van der Waals surface area contributed by atoms with Crippen LogP contribution in [0.25, 0.3) is 6.08 Å². The van der Waals surface area contributed by atoms with Gasteiger partial charge in [-0.25, -0.2) is 0 Å². The normalized spacial score (nSPS) is 15.7. The molecule has 0 bridgehead atoms. The molecule has 0 saturated carbocycles. The monoisotopic (exact) mass is 465 g/mol. The predicted molar refractivity (Wildman–Crippen MR) is 123 cm³/mol. The number of methoxy groups -OCH3 is 1. The van der Waals surface area contributed by atoms with E-state index < -0.39 is 10.8 Å². The molecule has 0 radical (unpaired) electrons. The van der Waals surface area contributed by atoms with Crippen LogP contribution in [0.2, 0.25) is 0 Å². The number of hydrogen-bond acceptors (Lipinski definition) is 8. The van der Waals surface area contributed by atoms with Crippen LogP contribution in [-0.4, -0.2) is 40.6 Å². The predicted octanol–water partition coefficient (Wildman–Crippen LogP) is 3.63. The number of nitro groups is 1. The van der Waals surface area contributed by atoms with Gasteiger partial charge in [0.05, 0.1) is 17.6 Å². The van der Waals surface area contributed by atoms with Gasteiger partial charge in [-0.2, -0.15) is 0 Å². The first-order chi connectivity index (χ1) is 15.9. The minimum absolute atomic E-state index is 0.0154. The molecule has 1 aromatic heterocycles. The van der Waals surface area contributed by atoms with Crippen LogP contribution in [0.5, 0.6) is 5.75 Å². The molecule has 1 fully saturated rings. The molecule has 1 N–H and O–H groups in total. The Morgan fingerprint density at radius 3 is 2.73 bits per heavy atom. The first-order valence-electron chi connectivity index (χ1n) is 9.95. The quantitative estimate of drug-likeness (QED) is 0.321. The van der Waals surface area contributed by atoms with Crippen molar-refractivity contribution in [3.63, 3.8) is 0 Å². The third-order valence-corrected chi connectivity index (χ3v) is 6.08. The van der Waals surface area contributed by atoms with Crippen molar-refractivity contribution in [2.75, 3.05) is 23.9 Å². The van der Waals surface area contributed by atoms with E-state index in [1.807, 2.05) is 12.1 Å². The number of nitrogens with one attached hydrogen (secondary N) is 1. The van der Waals surface area contributed by atoms with Crippen LogP contribution in [0.15, 0.2) is 54.6 Å². The second-order valence-electron chi connectivity index (χ2n) is 7.19. The summed E-state index contributed by atoms with van der Waals surface area (Å²) in [5.41, 5.74) is 1.01. The molecule has 1 saturated heterocycles. The zero-order valence-corrected chi connectivity index (χ0v) is 18.3. The number of amides is 2. The van der Waals surface area contributed by atoms with E-state index in [-0.39, 0.29) is 22.6 Å². The molecule has 1 aliphatic rings. The molecular weight excluding hydrogens is 446 g/mol. The minimum Gasteiger partial charge on any atom is -0.497 e. The fourth-order valence-corrected chi connectivity index (χ4v) is 4.28. The lowest BCUT2D eigenvalue weighted by Gasteiger charge is -2.16. The Kier molecular flexibility index (Phi) is 6.41. The van der Waals surface area contributed by atoms with E-state index in [0.29, 0.717) is 29.3 Å².